The minimum Gasteiger partial charge on any atom is -0.382 e. The highest BCUT2D eigenvalue weighted by atomic mass is 79.9. The fraction of sp³-hybridized carbons (Fsp3) is 0.500. The molecular formula is C10H15BrN2O4S. The van der Waals surface area contributed by atoms with Gasteiger partial charge in [0.15, 0.2) is 0 Å². The number of sulfonamides is 1. The first-order chi connectivity index (χ1) is 8.49. The van der Waals surface area contributed by atoms with E-state index in [-0.39, 0.29) is 17.5 Å². The first-order valence-electron chi connectivity index (χ1n) is 5.11. The van der Waals surface area contributed by atoms with Gasteiger partial charge < -0.3 is 9.47 Å². The third-order valence-corrected chi connectivity index (χ3v) is 4.00. The summed E-state index contributed by atoms with van der Waals surface area (Å²) in [5.74, 6) is 0. The molecule has 0 aromatic carbocycles. The molecule has 1 heterocycles. The van der Waals surface area contributed by atoms with E-state index in [0.717, 1.165) is 0 Å². The Morgan fingerprint density at radius 1 is 1.44 bits per heavy atom. The van der Waals surface area contributed by atoms with Crippen LogP contribution in [-0.2, 0) is 19.5 Å². The minimum atomic E-state index is -3.58. The molecule has 0 fully saturated rings. The van der Waals surface area contributed by atoms with Crippen LogP contribution in [0.1, 0.15) is 0 Å². The summed E-state index contributed by atoms with van der Waals surface area (Å²) in [5, 5.41) is 0. The lowest BCUT2D eigenvalue weighted by atomic mass is 10.4. The first-order valence-corrected chi connectivity index (χ1v) is 7.39. The molecule has 0 saturated carbocycles. The van der Waals surface area contributed by atoms with Gasteiger partial charge in [0, 0.05) is 37.6 Å². The van der Waals surface area contributed by atoms with Crippen LogP contribution in [0.25, 0.3) is 0 Å². The Balaban J connectivity index is 2.70. The third-order valence-electron chi connectivity index (χ3n) is 2.18. The van der Waals surface area contributed by atoms with Crippen molar-refractivity contribution in [2.24, 2.45) is 0 Å². The highest BCUT2D eigenvalue weighted by Crippen LogP contribution is 2.13. The first kappa shape index (κ1) is 15.5. The van der Waals surface area contributed by atoms with Crippen LogP contribution in [0.5, 0.6) is 0 Å². The van der Waals surface area contributed by atoms with Crippen molar-refractivity contribution in [2.45, 2.75) is 11.0 Å². The molecule has 6 nitrogen and oxygen atoms in total. The summed E-state index contributed by atoms with van der Waals surface area (Å²) in [6.07, 6.45) is 2.47. The molecule has 8 heteroatoms. The molecule has 1 aromatic rings. The summed E-state index contributed by atoms with van der Waals surface area (Å²) in [7, 11) is -0.559. The predicted molar refractivity (Wildman–Crippen MR) is 69.8 cm³/mol. The SMILES string of the molecule is COCC(CNS(=O)(=O)c1cncc(Br)c1)OC. The van der Waals surface area contributed by atoms with Crippen LogP contribution in [0.2, 0.25) is 0 Å². The number of methoxy groups -OCH3 is 2. The number of hydrogen-bond donors (Lipinski definition) is 1. The second-order valence-electron chi connectivity index (χ2n) is 3.50. The summed E-state index contributed by atoms with van der Waals surface area (Å²) in [6.45, 7) is 0.453. The lowest BCUT2D eigenvalue weighted by Crippen LogP contribution is -2.35. The van der Waals surface area contributed by atoms with Gasteiger partial charge in [-0.3, -0.25) is 4.98 Å². The number of hydrogen-bond acceptors (Lipinski definition) is 5. The zero-order valence-electron chi connectivity index (χ0n) is 10.1. The molecule has 0 aliphatic heterocycles. The van der Waals surface area contributed by atoms with Gasteiger partial charge in [0.25, 0.3) is 0 Å². The van der Waals surface area contributed by atoms with Crippen LogP contribution in [0.3, 0.4) is 0 Å². The quantitative estimate of drug-likeness (QED) is 0.795. The number of ether oxygens (including phenoxy) is 2. The molecule has 102 valence electrons. The number of halogens is 1. The fourth-order valence-electron chi connectivity index (χ4n) is 1.22. The van der Waals surface area contributed by atoms with Gasteiger partial charge in [0.05, 0.1) is 12.7 Å². The molecule has 0 aliphatic rings. The van der Waals surface area contributed by atoms with E-state index < -0.39 is 10.0 Å². The van der Waals surface area contributed by atoms with Gasteiger partial charge in [-0.25, -0.2) is 13.1 Å². The monoisotopic (exact) mass is 338 g/mol. The standard InChI is InChI=1S/C10H15BrN2O4S/c1-16-7-9(17-2)5-13-18(14,15)10-3-8(11)4-12-6-10/h3-4,6,9,13H,5,7H2,1-2H3. The number of nitrogens with one attached hydrogen (secondary N) is 1. The summed E-state index contributed by atoms with van der Waals surface area (Å²) in [6, 6.07) is 1.48. The summed E-state index contributed by atoms with van der Waals surface area (Å²) < 4.78 is 36.9. The number of rotatable bonds is 7. The molecule has 0 spiro atoms. The van der Waals surface area contributed by atoms with E-state index in [1.165, 1.54) is 32.7 Å². The summed E-state index contributed by atoms with van der Waals surface area (Å²) >= 11 is 3.17. The smallest absolute Gasteiger partial charge is 0.242 e. The van der Waals surface area contributed by atoms with Crippen LogP contribution in [-0.4, -0.2) is 46.9 Å². The lowest BCUT2D eigenvalue weighted by Gasteiger charge is -2.15. The van der Waals surface area contributed by atoms with Crippen molar-refractivity contribution in [2.75, 3.05) is 27.4 Å². The fourth-order valence-corrected chi connectivity index (χ4v) is 2.79. The largest absolute Gasteiger partial charge is 0.382 e. The molecule has 1 unspecified atom stereocenters. The molecule has 18 heavy (non-hydrogen) atoms. The summed E-state index contributed by atoms with van der Waals surface area (Å²) in [5.41, 5.74) is 0. The normalized spacial score (nSPS) is 13.5. The van der Waals surface area contributed by atoms with E-state index in [1.54, 1.807) is 0 Å². The molecule has 0 radical (unpaired) electrons. The van der Waals surface area contributed by atoms with Crippen LogP contribution in [0.4, 0.5) is 0 Å². The Hall–Kier alpha value is -0.540. The van der Waals surface area contributed by atoms with E-state index in [4.69, 9.17) is 9.47 Å². The van der Waals surface area contributed by atoms with Gasteiger partial charge in [-0.2, -0.15) is 0 Å². The minimum absolute atomic E-state index is 0.101. The Bertz CT molecular complexity index is 481. The highest BCUT2D eigenvalue weighted by Gasteiger charge is 2.17. The maximum absolute atomic E-state index is 11.9. The van der Waals surface area contributed by atoms with Gasteiger partial charge in [0.2, 0.25) is 10.0 Å². The van der Waals surface area contributed by atoms with Crippen LogP contribution >= 0.6 is 15.9 Å². The van der Waals surface area contributed by atoms with Crippen LogP contribution < -0.4 is 4.72 Å². The van der Waals surface area contributed by atoms with Crippen molar-refractivity contribution in [3.8, 4) is 0 Å². The molecule has 0 amide bonds. The average molecular weight is 339 g/mol. The van der Waals surface area contributed by atoms with Gasteiger partial charge in [-0.05, 0) is 22.0 Å². The predicted octanol–water partition coefficient (Wildman–Crippen LogP) is 0.784. The molecule has 0 aliphatic carbocycles. The maximum atomic E-state index is 11.9. The van der Waals surface area contributed by atoms with E-state index in [2.05, 4.69) is 25.6 Å². The van der Waals surface area contributed by atoms with Crippen molar-refractivity contribution in [1.82, 2.24) is 9.71 Å². The van der Waals surface area contributed by atoms with Crippen molar-refractivity contribution in [1.29, 1.82) is 0 Å². The van der Waals surface area contributed by atoms with E-state index in [1.807, 2.05) is 0 Å². The maximum Gasteiger partial charge on any atom is 0.242 e. The number of aromatic nitrogens is 1. The van der Waals surface area contributed by atoms with Crippen molar-refractivity contribution in [3.05, 3.63) is 22.9 Å². The van der Waals surface area contributed by atoms with Crippen molar-refractivity contribution < 1.29 is 17.9 Å². The van der Waals surface area contributed by atoms with Crippen molar-refractivity contribution >= 4 is 26.0 Å². The van der Waals surface area contributed by atoms with Gasteiger partial charge >= 0.3 is 0 Å². The average Bonchev–Trinajstić information content (AvgIpc) is 2.34. The molecule has 1 rings (SSSR count). The number of nitrogens with zero attached hydrogens (tertiary/aromatic N) is 1. The van der Waals surface area contributed by atoms with Gasteiger partial charge in [-0.1, -0.05) is 0 Å². The second kappa shape index (κ2) is 7.15. The van der Waals surface area contributed by atoms with E-state index in [9.17, 15) is 8.42 Å². The Morgan fingerprint density at radius 2 is 2.17 bits per heavy atom. The molecule has 0 saturated heterocycles. The van der Waals surface area contributed by atoms with Gasteiger partial charge in [0.1, 0.15) is 4.90 Å². The topological polar surface area (TPSA) is 77.5 Å². The van der Waals surface area contributed by atoms with E-state index >= 15 is 0 Å². The molecule has 1 N–H and O–H groups in total. The second-order valence-corrected chi connectivity index (χ2v) is 6.19. The summed E-state index contributed by atoms with van der Waals surface area (Å²) in [4.78, 5) is 3.91. The molecule has 1 aromatic heterocycles. The van der Waals surface area contributed by atoms with Gasteiger partial charge in [-0.15, -0.1) is 0 Å². The third kappa shape index (κ3) is 4.62. The van der Waals surface area contributed by atoms with Crippen LogP contribution in [0.15, 0.2) is 27.8 Å². The van der Waals surface area contributed by atoms with Crippen LogP contribution in [0, 0.1) is 0 Å². The van der Waals surface area contributed by atoms with Crippen molar-refractivity contribution in [3.63, 3.8) is 0 Å². The lowest BCUT2D eigenvalue weighted by molar-refractivity contribution is 0.0320. The Kier molecular flexibility index (Phi) is 6.16. The Labute approximate surface area is 115 Å². The zero-order chi connectivity index (χ0) is 13.6. The molecule has 1 atom stereocenters. The molecular weight excluding hydrogens is 324 g/mol. The Morgan fingerprint density at radius 3 is 2.72 bits per heavy atom. The van der Waals surface area contributed by atoms with E-state index in [0.29, 0.717) is 11.1 Å². The number of pyridine rings is 1. The zero-order valence-corrected chi connectivity index (χ0v) is 12.5. The molecule has 0 bridgehead atoms. The highest BCUT2D eigenvalue weighted by molar-refractivity contribution is 9.10.